The molecule has 2 aliphatic rings. The van der Waals surface area contributed by atoms with E-state index in [0.717, 1.165) is 33.6 Å². The van der Waals surface area contributed by atoms with Crippen LogP contribution < -0.4 is 4.74 Å². The Morgan fingerprint density at radius 1 is 1.05 bits per heavy atom. The smallest absolute Gasteiger partial charge is 0.143 e. The summed E-state index contributed by atoms with van der Waals surface area (Å²) in [5.41, 5.74) is 4.31. The van der Waals surface area contributed by atoms with Gasteiger partial charge in [0.1, 0.15) is 5.75 Å². The lowest BCUT2D eigenvalue weighted by Gasteiger charge is -2.14. The van der Waals surface area contributed by atoms with Crippen molar-refractivity contribution in [2.75, 3.05) is 7.11 Å². The number of benzene rings is 2. The van der Waals surface area contributed by atoms with Gasteiger partial charge in [0.2, 0.25) is 0 Å². The first-order valence-corrected chi connectivity index (χ1v) is 6.60. The van der Waals surface area contributed by atoms with Crippen molar-refractivity contribution in [3.05, 3.63) is 48.5 Å². The van der Waals surface area contributed by atoms with Crippen LogP contribution in [0.4, 0.5) is 0 Å². The van der Waals surface area contributed by atoms with E-state index >= 15 is 0 Å². The molecule has 0 aliphatic carbocycles. The van der Waals surface area contributed by atoms with Gasteiger partial charge in [0.25, 0.3) is 0 Å². The molecule has 0 fully saturated rings. The average Bonchev–Trinajstić information content (AvgIpc) is 2.85. The first-order chi connectivity index (χ1) is 9.79. The lowest BCUT2D eigenvalue weighted by atomic mass is 10.1. The maximum atomic E-state index is 5.50. The zero-order chi connectivity index (χ0) is 13.7. The van der Waals surface area contributed by atoms with Gasteiger partial charge in [-0.25, -0.2) is 4.98 Å². The molecule has 2 aliphatic heterocycles. The molecule has 0 unspecified atom stereocenters. The predicted molar refractivity (Wildman–Crippen MR) is 88.6 cm³/mol. The van der Waals surface area contributed by atoms with Crippen LogP contribution in [0.15, 0.2) is 48.5 Å². The number of nitrogens with zero attached hydrogens (tertiary/aromatic N) is 2. The number of fused-ring (bicyclic) bond motifs is 4. The van der Waals surface area contributed by atoms with Crippen LogP contribution in [-0.2, 0) is 7.05 Å². The molecule has 0 spiro atoms. The second-order valence-electron chi connectivity index (χ2n) is 4.96. The quantitative estimate of drug-likeness (QED) is 0.525. The fourth-order valence-corrected chi connectivity index (χ4v) is 2.98. The number of methoxy groups -OCH3 is 1. The second kappa shape index (κ2) is 4.93. The van der Waals surface area contributed by atoms with Gasteiger partial charge in [0.05, 0.1) is 29.5 Å². The molecular formula is C17H15ClN2O. The van der Waals surface area contributed by atoms with Gasteiger partial charge in [-0.05, 0) is 18.2 Å². The summed E-state index contributed by atoms with van der Waals surface area (Å²) in [5, 5.41) is 2.32. The monoisotopic (exact) mass is 298 g/mol. The van der Waals surface area contributed by atoms with Crippen molar-refractivity contribution >= 4 is 34.2 Å². The van der Waals surface area contributed by atoms with Gasteiger partial charge in [-0.1, -0.05) is 30.3 Å². The Morgan fingerprint density at radius 2 is 1.86 bits per heavy atom. The average molecular weight is 299 g/mol. The third-order valence-electron chi connectivity index (χ3n) is 3.86. The van der Waals surface area contributed by atoms with E-state index in [1.165, 1.54) is 5.39 Å². The normalized spacial score (nSPS) is 11.0. The zero-order valence-electron chi connectivity index (χ0n) is 11.8. The fourth-order valence-electron chi connectivity index (χ4n) is 2.98. The molecule has 2 heterocycles. The summed E-state index contributed by atoms with van der Waals surface area (Å²) in [6.07, 6.45) is 0. The topological polar surface area (TPSA) is 27.1 Å². The lowest BCUT2D eigenvalue weighted by molar-refractivity contribution is 0.418. The van der Waals surface area contributed by atoms with E-state index in [2.05, 4.69) is 41.9 Å². The number of rotatable bonds is 1. The van der Waals surface area contributed by atoms with Crippen LogP contribution in [0.1, 0.15) is 0 Å². The van der Waals surface area contributed by atoms with Crippen molar-refractivity contribution in [1.82, 2.24) is 9.55 Å². The van der Waals surface area contributed by atoms with Crippen LogP contribution in [0.5, 0.6) is 5.75 Å². The van der Waals surface area contributed by atoms with Crippen molar-refractivity contribution in [2.45, 2.75) is 0 Å². The SMILES string of the molecule is COc1cccc2cc3nc4ccccc4c-3n(C)c12.Cl. The Balaban J connectivity index is 0.00000132. The minimum absolute atomic E-state index is 0. The summed E-state index contributed by atoms with van der Waals surface area (Å²) in [5.74, 6) is 0.886. The summed E-state index contributed by atoms with van der Waals surface area (Å²) in [7, 11) is 3.78. The van der Waals surface area contributed by atoms with Gasteiger partial charge in [-0.2, -0.15) is 0 Å². The number of hydrogen-bond acceptors (Lipinski definition) is 2. The van der Waals surface area contributed by atoms with Crippen molar-refractivity contribution in [3.63, 3.8) is 0 Å². The highest BCUT2D eigenvalue weighted by Gasteiger charge is 2.17. The van der Waals surface area contributed by atoms with Crippen LogP contribution in [0.25, 0.3) is 33.2 Å². The third-order valence-corrected chi connectivity index (χ3v) is 3.86. The molecule has 2 aromatic rings. The third kappa shape index (κ3) is 1.85. The number of aromatic nitrogens is 2. The zero-order valence-corrected chi connectivity index (χ0v) is 12.6. The molecule has 2 aromatic carbocycles. The first kappa shape index (κ1) is 13.7. The number of hydrogen-bond donors (Lipinski definition) is 0. The number of para-hydroxylation sites is 2. The Kier molecular flexibility index (Phi) is 3.22. The Labute approximate surface area is 128 Å². The molecule has 0 saturated heterocycles. The molecule has 0 amide bonds. The van der Waals surface area contributed by atoms with Crippen LogP contribution in [0.2, 0.25) is 0 Å². The van der Waals surface area contributed by atoms with Crippen molar-refractivity contribution in [2.24, 2.45) is 7.05 Å². The number of pyridine rings is 1. The second-order valence-corrected chi connectivity index (χ2v) is 4.96. The van der Waals surface area contributed by atoms with E-state index in [0.29, 0.717) is 0 Å². The van der Waals surface area contributed by atoms with Crippen LogP contribution in [-0.4, -0.2) is 16.7 Å². The van der Waals surface area contributed by atoms with Crippen molar-refractivity contribution in [1.29, 1.82) is 0 Å². The molecule has 3 nitrogen and oxygen atoms in total. The highest BCUT2D eigenvalue weighted by molar-refractivity contribution is 6.01. The summed E-state index contributed by atoms with van der Waals surface area (Å²) in [6, 6.07) is 16.5. The lowest BCUT2D eigenvalue weighted by Crippen LogP contribution is -2.00. The molecule has 0 saturated carbocycles. The van der Waals surface area contributed by atoms with Crippen LogP contribution in [0, 0.1) is 0 Å². The van der Waals surface area contributed by atoms with Gasteiger partial charge in [-0.3, -0.25) is 0 Å². The largest absolute Gasteiger partial charge is 0.495 e. The molecule has 0 radical (unpaired) electrons. The molecule has 21 heavy (non-hydrogen) atoms. The highest BCUT2D eigenvalue weighted by Crippen LogP contribution is 2.36. The molecule has 4 heteroatoms. The number of halogens is 1. The van der Waals surface area contributed by atoms with Gasteiger partial charge in [0, 0.05) is 17.8 Å². The Hall–Kier alpha value is -2.26. The van der Waals surface area contributed by atoms with E-state index in [-0.39, 0.29) is 12.4 Å². The maximum absolute atomic E-state index is 5.50. The van der Waals surface area contributed by atoms with E-state index in [4.69, 9.17) is 9.72 Å². The minimum Gasteiger partial charge on any atom is -0.495 e. The van der Waals surface area contributed by atoms with E-state index in [1.807, 2.05) is 18.2 Å². The molecule has 0 N–H and O–H groups in total. The molecule has 4 rings (SSSR count). The van der Waals surface area contributed by atoms with Crippen molar-refractivity contribution < 1.29 is 4.74 Å². The molecular weight excluding hydrogens is 284 g/mol. The predicted octanol–water partition coefficient (Wildman–Crippen LogP) is 4.26. The van der Waals surface area contributed by atoms with E-state index < -0.39 is 0 Å². The first-order valence-electron chi connectivity index (χ1n) is 6.60. The summed E-state index contributed by atoms with van der Waals surface area (Å²) in [4.78, 5) is 4.72. The molecule has 0 bridgehead atoms. The highest BCUT2D eigenvalue weighted by atomic mass is 35.5. The van der Waals surface area contributed by atoms with Crippen molar-refractivity contribution in [3.8, 4) is 17.1 Å². The Morgan fingerprint density at radius 3 is 2.67 bits per heavy atom. The van der Waals surface area contributed by atoms with E-state index in [1.54, 1.807) is 7.11 Å². The summed E-state index contributed by atoms with van der Waals surface area (Å²) >= 11 is 0. The maximum Gasteiger partial charge on any atom is 0.143 e. The summed E-state index contributed by atoms with van der Waals surface area (Å²) in [6.45, 7) is 0. The molecule has 0 atom stereocenters. The fraction of sp³-hybridized carbons (Fsp3) is 0.118. The van der Waals surface area contributed by atoms with Crippen LogP contribution >= 0.6 is 12.4 Å². The van der Waals surface area contributed by atoms with Crippen LogP contribution in [0.3, 0.4) is 0 Å². The standard InChI is InChI=1S/C17H14N2O.ClH/c1-19-16-11(6-5-9-15(16)20-2)10-14-17(19)12-7-3-4-8-13(12)18-14;/h3-10H,1-2H3;1H. The Bertz CT molecular complexity index is 913. The van der Waals surface area contributed by atoms with Gasteiger partial charge in [-0.15, -0.1) is 12.4 Å². The van der Waals surface area contributed by atoms with Gasteiger partial charge >= 0.3 is 0 Å². The van der Waals surface area contributed by atoms with Gasteiger partial charge < -0.3 is 9.30 Å². The number of aryl methyl sites for hydroxylation is 1. The molecule has 106 valence electrons. The summed E-state index contributed by atoms with van der Waals surface area (Å²) < 4.78 is 7.68. The minimum atomic E-state index is 0. The van der Waals surface area contributed by atoms with Gasteiger partial charge in [0.15, 0.2) is 0 Å². The molecule has 0 aromatic heterocycles. The van der Waals surface area contributed by atoms with E-state index in [9.17, 15) is 0 Å². The number of ether oxygens (including phenoxy) is 1.